The first-order chi connectivity index (χ1) is 14.0. The molecule has 0 aromatic rings. The van der Waals surface area contributed by atoms with Crippen LogP contribution in [0.4, 0.5) is 0 Å². The van der Waals surface area contributed by atoms with E-state index in [-0.39, 0.29) is 28.5 Å². The van der Waals surface area contributed by atoms with Gasteiger partial charge in [0.2, 0.25) is 11.8 Å². The van der Waals surface area contributed by atoms with E-state index in [1.54, 1.807) is 11.0 Å². The number of likely N-dealkylation sites (tertiary alicyclic amines) is 1. The van der Waals surface area contributed by atoms with Crippen molar-refractivity contribution in [3.8, 4) is 0 Å². The maximum absolute atomic E-state index is 14.0. The maximum atomic E-state index is 14.0. The lowest BCUT2D eigenvalue weighted by molar-refractivity contribution is -0.150. The quantitative estimate of drug-likeness (QED) is 0.408. The largest absolute Gasteiger partial charge is 0.481 e. The highest BCUT2D eigenvalue weighted by Crippen LogP contribution is 2.68. The number of halogens is 1. The van der Waals surface area contributed by atoms with E-state index < -0.39 is 40.2 Å². The van der Waals surface area contributed by atoms with Gasteiger partial charge >= 0.3 is 5.97 Å². The Morgan fingerprint density at radius 1 is 1.47 bits per heavy atom. The van der Waals surface area contributed by atoms with Crippen LogP contribution in [0.3, 0.4) is 0 Å². The summed E-state index contributed by atoms with van der Waals surface area (Å²) in [5.41, 5.74) is -0.503. The van der Waals surface area contributed by atoms with E-state index in [0.29, 0.717) is 19.4 Å². The van der Waals surface area contributed by atoms with Crippen LogP contribution in [0.1, 0.15) is 40.5 Å². The second kappa shape index (κ2) is 8.13. The van der Waals surface area contributed by atoms with Crippen molar-refractivity contribution in [2.75, 3.05) is 13.2 Å². The predicted molar refractivity (Wildman–Crippen MR) is 120 cm³/mol. The number of carboxylic acid groups (broad SMARTS) is 1. The Morgan fingerprint density at radius 2 is 2.10 bits per heavy atom. The highest BCUT2D eigenvalue weighted by atomic mass is 79.9. The molecule has 1 spiro atoms. The second-order valence-corrected chi connectivity index (χ2v) is 12.1. The summed E-state index contributed by atoms with van der Waals surface area (Å²) in [5, 5.41) is 19.7. The van der Waals surface area contributed by atoms with E-state index >= 15 is 0 Å². The van der Waals surface area contributed by atoms with Gasteiger partial charge in [-0.2, -0.15) is 0 Å². The van der Waals surface area contributed by atoms with Crippen molar-refractivity contribution in [3.63, 3.8) is 0 Å². The number of carboxylic acids is 1. The number of hydrogen-bond donors (Lipinski definition) is 2. The van der Waals surface area contributed by atoms with Crippen LogP contribution in [0.25, 0.3) is 0 Å². The number of thioether (sulfide) groups is 1. The number of aliphatic hydroxyl groups excluding tert-OH is 1. The summed E-state index contributed by atoms with van der Waals surface area (Å²) in [4.78, 5) is 42.9. The molecule has 3 aliphatic heterocycles. The van der Waals surface area contributed by atoms with Gasteiger partial charge in [-0.25, -0.2) is 0 Å². The number of hydrogen-bond acceptors (Lipinski definition) is 5. The fraction of sp³-hybridized carbons (Fsp3) is 0.762. The lowest BCUT2D eigenvalue weighted by Crippen LogP contribution is -2.60. The highest BCUT2D eigenvalue weighted by Gasteiger charge is 2.76. The molecular weight excluding hydrogens is 472 g/mol. The van der Waals surface area contributed by atoms with Crippen molar-refractivity contribution in [2.24, 2.45) is 11.8 Å². The van der Waals surface area contributed by atoms with Crippen molar-refractivity contribution in [1.29, 1.82) is 0 Å². The molecule has 30 heavy (non-hydrogen) atoms. The standard InChI is InChI=1S/C21H31BrN2O5S/c1-6-8-23(20(3,4)5)18(27)16-21-9-12(22)15(30-21)13(19(28)29)14(21)17(26)24(16)11(7-2)10-25/h6,11-16,25H,1,7-10H2,2-5H3,(H,28,29)/t11-,12?,13-,14-,15-,16?,21?/m0/s1. The molecule has 2 amide bonds. The fourth-order valence-corrected chi connectivity index (χ4v) is 8.99. The zero-order valence-corrected chi connectivity index (χ0v) is 20.3. The summed E-state index contributed by atoms with van der Waals surface area (Å²) in [6.07, 6.45) is 2.69. The molecule has 3 rings (SSSR count). The average molecular weight is 503 g/mol. The second-order valence-electron chi connectivity index (χ2n) is 9.40. The van der Waals surface area contributed by atoms with Crippen molar-refractivity contribution in [3.05, 3.63) is 12.7 Å². The van der Waals surface area contributed by atoms with E-state index in [0.717, 1.165) is 0 Å². The molecule has 2 bridgehead atoms. The molecular formula is C21H31BrN2O5S. The Bertz CT molecular complexity index is 752. The predicted octanol–water partition coefficient (Wildman–Crippen LogP) is 2.12. The normalized spacial score (nSPS) is 36.0. The summed E-state index contributed by atoms with van der Waals surface area (Å²) < 4.78 is -0.816. The molecule has 0 saturated carbocycles. The summed E-state index contributed by atoms with van der Waals surface area (Å²) in [7, 11) is 0. The number of alkyl halides is 1. The zero-order chi connectivity index (χ0) is 22.6. The van der Waals surface area contributed by atoms with E-state index in [1.165, 1.54) is 16.7 Å². The smallest absolute Gasteiger partial charge is 0.308 e. The number of rotatable bonds is 7. The molecule has 0 aromatic carbocycles. The minimum absolute atomic E-state index is 0.0837. The first kappa shape index (κ1) is 23.6. The molecule has 7 nitrogen and oxygen atoms in total. The molecule has 3 fully saturated rings. The van der Waals surface area contributed by atoms with Gasteiger partial charge < -0.3 is 20.0 Å². The molecule has 168 valence electrons. The molecule has 9 heteroatoms. The number of fused-ring (bicyclic) bond motifs is 1. The summed E-state index contributed by atoms with van der Waals surface area (Å²) in [5.74, 6) is -3.13. The van der Waals surface area contributed by atoms with Gasteiger partial charge in [-0.05, 0) is 33.6 Å². The van der Waals surface area contributed by atoms with Crippen molar-refractivity contribution in [1.82, 2.24) is 9.80 Å². The third-order valence-corrected chi connectivity index (χ3v) is 9.93. The molecule has 3 saturated heterocycles. The van der Waals surface area contributed by atoms with Crippen molar-refractivity contribution >= 4 is 45.5 Å². The van der Waals surface area contributed by atoms with Crippen LogP contribution >= 0.6 is 27.7 Å². The highest BCUT2D eigenvalue weighted by molar-refractivity contribution is 9.09. The maximum Gasteiger partial charge on any atom is 0.308 e. The molecule has 0 aliphatic carbocycles. The van der Waals surface area contributed by atoms with Gasteiger partial charge in [0, 0.05) is 22.2 Å². The monoisotopic (exact) mass is 502 g/mol. The van der Waals surface area contributed by atoms with Crippen molar-refractivity contribution < 1.29 is 24.6 Å². The number of carbonyl (C=O) groups is 3. The Morgan fingerprint density at radius 3 is 2.57 bits per heavy atom. The molecule has 3 aliphatic rings. The lowest BCUT2D eigenvalue weighted by atomic mass is 9.71. The Balaban J connectivity index is 2.16. The van der Waals surface area contributed by atoms with E-state index in [4.69, 9.17) is 0 Å². The van der Waals surface area contributed by atoms with Crippen molar-refractivity contribution in [2.45, 2.75) is 73.0 Å². The van der Waals surface area contributed by atoms with Gasteiger partial charge in [0.15, 0.2) is 0 Å². The molecule has 0 aromatic heterocycles. The van der Waals surface area contributed by atoms with Crippen LogP contribution in [0.2, 0.25) is 0 Å². The molecule has 2 N–H and O–H groups in total. The minimum Gasteiger partial charge on any atom is -0.481 e. The first-order valence-electron chi connectivity index (χ1n) is 10.4. The number of aliphatic carboxylic acids is 1. The SMILES string of the molecule is C=CCN(C(=O)C1N([C@@H](CC)CO)C(=O)[C@@H]2[C@H](C(=O)O)[C@H]3SC12CC3Br)C(C)(C)C. The Kier molecular flexibility index (Phi) is 6.40. The summed E-state index contributed by atoms with van der Waals surface area (Å²) in [6, 6.07) is -1.34. The van der Waals surface area contributed by atoms with Gasteiger partial charge in [-0.1, -0.05) is 28.9 Å². The molecule has 7 atom stereocenters. The third-order valence-electron chi connectivity index (χ3n) is 6.71. The third kappa shape index (κ3) is 3.32. The number of amides is 2. The van der Waals surface area contributed by atoms with Gasteiger partial charge in [-0.3, -0.25) is 14.4 Å². The van der Waals surface area contributed by atoms with Crippen LogP contribution in [0, 0.1) is 11.8 Å². The van der Waals surface area contributed by atoms with Crippen LogP contribution in [-0.2, 0) is 14.4 Å². The average Bonchev–Trinajstić information content (AvgIpc) is 3.23. The minimum atomic E-state index is -0.999. The van der Waals surface area contributed by atoms with Gasteiger partial charge in [0.25, 0.3) is 0 Å². The van der Waals surface area contributed by atoms with E-state index in [2.05, 4.69) is 22.5 Å². The fourth-order valence-electron chi connectivity index (χ4n) is 5.41. The molecule has 0 radical (unpaired) electrons. The first-order valence-corrected chi connectivity index (χ1v) is 12.2. The Hall–Kier alpha value is -1.06. The Labute approximate surface area is 190 Å². The lowest BCUT2D eigenvalue weighted by Gasteiger charge is -2.43. The number of nitrogens with zero attached hydrogens (tertiary/aromatic N) is 2. The van der Waals surface area contributed by atoms with Gasteiger partial charge in [0.05, 0.1) is 29.2 Å². The molecule has 3 unspecified atom stereocenters. The van der Waals surface area contributed by atoms with Crippen LogP contribution < -0.4 is 0 Å². The van der Waals surface area contributed by atoms with Gasteiger partial charge in [0.1, 0.15) is 6.04 Å². The summed E-state index contributed by atoms with van der Waals surface area (Å²) >= 11 is 5.10. The van der Waals surface area contributed by atoms with Crippen LogP contribution in [0.5, 0.6) is 0 Å². The summed E-state index contributed by atoms with van der Waals surface area (Å²) in [6.45, 7) is 11.5. The number of carbonyl (C=O) groups excluding carboxylic acids is 2. The van der Waals surface area contributed by atoms with Crippen LogP contribution in [-0.4, -0.2) is 83.4 Å². The number of aliphatic hydroxyl groups is 1. The molecule has 3 heterocycles. The van der Waals surface area contributed by atoms with Crippen LogP contribution in [0.15, 0.2) is 12.7 Å². The zero-order valence-electron chi connectivity index (χ0n) is 17.9. The topological polar surface area (TPSA) is 98.2 Å². The van der Waals surface area contributed by atoms with E-state index in [1.807, 2.05) is 27.7 Å². The van der Waals surface area contributed by atoms with E-state index in [9.17, 15) is 24.6 Å². The van der Waals surface area contributed by atoms with Gasteiger partial charge in [-0.15, -0.1) is 18.3 Å².